The van der Waals surface area contributed by atoms with E-state index >= 15 is 0 Å². The van der Waals surface area contributed by atoms with E-state index in [0.29, 0.717) is 32.3 Å². The van der Waals surface area contributed by atoms with Crippen LogP contribution in [-0.4, -0.2) is 42.4 Å². The average molecular weight is 555 g/mol. The molecule has 9 nitrogen and oxygen atoms in total. The van der Waals surface area contributed by atoms with Gasteiger partial charge in [-0.3, -0.25) is 18.1 Å². The lowest BCUT2D eigenvalue weighted by Gasteiger charge is -2.19. The van der Waals surface area contributed by atoms with E-state index in [1.807, 2.05) is 44.2 Å². The van der Waals surface area contributed by atoms with Crippen LogP contribution in [0.15, 0.2) is 45.9 Å². The molecule has 0 N–H and O–H groups in total. The minimum absolute atomic E-state index is 0.293. The number of rotatable bonds is 12. The van der Waals surface area contributed by atoms with E-state index in [1.165, 1.54) is 17.1 Å². The number of hydrogen-bond donors (Lipinski definition) is 0. The molecular weight excluding hydrogens is 526 g/mol. The van der Waals surface area contributed by atoms with Crippen molar-refractivity contribution in [2.24, 2.45) is 4.76 Å². The van der Waals surface area contributed by atoms with Crippen LogP contribution in [0.2, 0.25) is 0 Å². The van der Waals surface area contributed by atoms with E-state index in [2.05, 4.69) is 9.92 Å². The van der Waals surface area contributed by atoms with Gasteiger partial charge in [0.1, 0.15) is 11.3 Å². The van der Waals surface area contributed by atoms with Crippen LogP contribution in [0.5, 0.6) is 5.88 Å². The average Bonchev–Trinajstić information content (AvgIpc) is 3.20. The number of benzene rings is 1. The Bertz CT molecular complexity index is 949. The molecule has 1 aromatic carbocycles. The summed E-state index contributed by atoms with van der Waals surface area (Å²) in [7, 11) is 0.00708. The van der Waals surface area contributed by atoms with Crippen molar-refractivity contribution < 1.29 is 31.7 Å². The molecule has 14 heteroatoms. The summed E-state index contributed by atoms with van der Waals surface area (Å²) in [5.41, 5.74) is 1.65. The molecule has 3 rings (SSSR count). The molecule has 1 aliphatic rings. The molecule has 0 aliphatic carbocycles. The smallest absolute Gasteiger partial charge is 0.402 e. The molecular formula is C19H28N2O7P2S3. The second-order valence-corrected chi connectivity index (χ2v) is 12.9. The second-order valence-electron chi connectivity index (χ2n) is 5.92. The SMILES string of the molecule is CCOP(=O)(N=C1CSS1)OCC.CCOP(=S)(OCC)Oc1nocc1-c1ccccc1. The highest BCUT2D eigenvalue weighted by Gasteiger charge is 2.27. The third kappa shape index (κ3) is 9.47. The van der Waals surface area contributed by atoms with Crippen LogP contribution >= 0.6 is 36.1 Å². The molecule has 0 bridgehead atoms. The highest BCUT2D eigenvalue weighted by molar-refractivity contribution is 8.86. The molecule has 1 aromatic heterocycles. The molecule has 1 saturated heterocycles. The van der Waals surface area contributed by atoms with E-state index in [9.17, 15) is 4.57 Å². The molecule has 33 heavy (non-hydrogen) atoms. The molecule has 0 spiro atoms. The van der Waals surface area contributed by atoms with Gasteiger partial charge in [-0.05, 0) is 49.2 Å². The fourth-order valence-electron chi connectivity index (χ4n) is 2.33. The topological polar surface area (TPSA) is 102 Å². The minimum Gasteiger partial charge on any atom is -0.402 e. The maximum atomic E-state index is 11.8. The van der Waals surface area contributed by atoms with E-state index < -0.39 is 14.5 Å². The van der Waals surface area contributed by atoms with E-state index in [1.54, 1.807) is 24.6 Å². The number of hydrogen-bond acceptors (Lipinski definition) is 11. The molecule has 0 unspecified atom stereocenters. The first-order valence-electron chi connectivity index (χ1n) is 10.2. The van der Waals surface area contributed by atoms with Crippen LogP contribution in [0.25, 0.3) is 11.1 Å². The Morgan fingerprint density at radius 3 is 2.09 bits per heavy atom. The van der Waals surface area contributed by atoms with Gasteiger partial charge < -0.3 is 9.05 Å². The molecule has 0 radical (unpaired) electrons. The Morgan fingerprint density at radius 2 is 1.61 bits per heavy atom. The summed E-state index contributed by atoms with van der Waals surface area (Å²) in [5.74, 6) is 1.11. The molecule has 1 aliphatic heterocycles. The zero-order valence-corrected chi connectivity index (χ0v) is 23.1. The fourth-order valence-corrected chi connectivity index (χ4v) is 7.30. The summed E-state index contributed by atoms with van der Waals surface area (Å²) in [5, 5.41) is 4.69. The van der Waals surface area contributed by atoms with Gasteiger partial charge in [-0.2, -0.15) is 4.76 Å². The first-order valence-corrected chi connectivity index (χ1v) is 16.6. The predicted molar refractivity (Wildman–Crippen MR) is 138 cm³/mol. The van der Waals surface area contributed by atoms with Gasteiger partial charge in [0, 0.05) is 11.8 Å². The molecule has 2 aromatic rings. The molecule has 1 fully saturated rings. The largest absolute Gasteiger partial charge is 0.454 e. The van der Waals surface area contributed by atoms with Crippen LogP contribution in [0, 0.1) is 0 Å². The number of aromatic nitrogens is 1. The summed E-state index contributed by atoms with van der Waals surface area (Å²) in [6, 6.07) is 9.65. The van der Waals surface area contributed by atoms with Crippen molar-refractivity contribution >= 4 is 52.9 Å². The Morgan fingerprint density at radius 1 is 1.03 bits per heavy atom. The zero-order chi connectivity index (χ0) is 24.2. The maximum Gasteiger partial charge on any atom is 0.454 e. The predicted octanol–water partition coefficient (Wildman–Crippen LogP) is 6.98. The molecule has 0 amide bonds. The van der Waals surface area contributed by atoms with Crippen LogP contribution < -0.4 is 4.52 Å². The molecule has 2 heterocycles. The van der Waals surface area contributed by atoms with E-state index in [-0.39, 0.29) is 0 Å². The highest BCUT2D eigenvalue weighted by atomic mass is 33.1. The van der Waals surface area contributed by atoms with Gasteiger partial charge in [0.2, 0.25) is 0 Å². The summed E-state index contributed by atoms with van der Waals surface area (Å²) in [6.45, 7) is 5.91. The van der Waals surface area contributed by atoms with Gasteiger partial charge in [0.05, 0.1) is 37.7 Å². The standard InChI is InChI=1S/C13H16NO4PS.C6H12NO3PS2/c1-3-16-19(20,17-4-2)18-13-12(10-15-14-13)11-8-6-5-7-9-11;1-3-9-11(8,10-4-2)7-6-5-12-13-6/h5-10H,3-4H2,1-2H3;3-5H2,1-2H3. The summed E-state index contributed by atoms with van der Waals surface area (Å²) >= 11 is 5.32. The van der Waals surface area contributed by atoms with E-state index in [4.69, 9.17) is 38.9 Å². The van der Waals surface area contributed by atoms with Crippen molar-refractivity contribution in [3.05, 3.63) is 36.6 Å². The van der Waals surface area contributed by atoms with Crippen molar-refractivity contribution in [3.63, 3.8) is 0 Å². The van der Waals surface area contributed by atoms with Crippen molar-refractivity contribution in [3.8, 4) is 17.0 Å². The van der Waals surface area contributed by atoms with Gasteiger partial charge in [0.15, 0.2) is 0 Å². The molecule has 0 saturated carbocycles. The van der Waals surface area contributed by atoms with Gasteiger partial charge in [0.25, 0.3) is 5.88 Å². The maximum absolute atomic E-state index is 11.8. The number of nitrogens with zero attached hydrogens (tertiary/aromatic N) is 2. The minimum atomic E-state index is -3.19. The Balaban J connectivity index is 0.000000257. The second kappa shape index (κ2) is 14.7. The van der Waals surface area contributed by atoms with E-state index in [0.717, 1.165) is 21.9 Å². The Labute approximate surface area is 207 Å². The van der Waals surface area contributed by atoms with Crippen molar-refractivity contribution in [1.29, 1.82) is 0 Å². The van der Waals surface area contributed by atoms with Crippen LogP contribution in [0.1, 0.15) is 27.7 Å². The molecule has 0 atom stereocenters. The first kappa shape index (κ1) is 28.6. The monoisotopic (exact) mass is 554 g/mol. The fraction of sp³-hybridized carbons (Fsp3) is 0.474. The third-order valence-electron chi connectivity index (χ3n) is 3.55. The zero-order valence-electron chi connectivity index (χ0n) is 18.9. The van der Waals surface area contributed by atoms with Crippen molar-refractivity contribution in [2.45, 2.75) is 27.7 Å². The van der Waals surface area contributed by atoms with Gasteiger partial charge >= 0.3 is 14.5 Å². The Kier molecular flexibility index (Phi) is 12.7. The lowest BCUT2D eigenvalue weighted by molar-refractivity contribution is 0.213. The van der Waals surface area contributed by atoms with Gasteiger partial charge in [-0.15, -0.1) is 0 Å². The van der Waals surface area contributed by atoms with Crippen LogP contribution in [-0.2, 0) is 34.5 Å². The van der Waals surface area contributed by atoms with Crippen molar-refractivity contribution in [2.75, 3.05) is 32.2 Å². The van der Waals surface area contributed by atoms with Gasteiger partial charge in [-0.25, -0.2) is 4.57 Å². The summed E-state index contributed by atoms with van der Waals surface area (Å²) in [4.78, 5) is 0. The van der Waals surface area contributed by atoms with Crippen LogP contribution in [0.4, 0.5) is 0 Å². The van der Waals surface area contributed by atoms with Crippen molar-refractivity contribution in [1.82, 2.24) is 5.16 Å². The summed E-state index contributed by atoms with van der Waals surface area (Å²) in [6.07, 6.45) is 1.52. The highest BCUT2D eigenvalue weighted by Crippen LogP contribution is 2.53. The quantitative estimate of drug-likeness (QED) is 0.201. The Hall–Kier alpha value is -0.680. The van der Waals surface area contributed by atoms with Gasteiger partial charge in [-0.1, -0.05) is 41.1 Å². The summed E-state index contributed by atoms with van der Waals surface area (Å²) < 4.78 is 47.3. The normalized spacial score (nSPS) is 15.0. The van der Waals surface area contributed by atoms with Crippen LogP contribution in [0.3, 0.4) is 0 Å². The first-order chi connectivity index (χ1) is 15.9. The third-order valence-corrected chi connectivity index (χ3v) is 10.1. The lowest BCUT2D eigenvalue weighted by atomic mass is 10.1. The molecule has 184 valence electrons. The lowest BCUT2D eigenvalue weighted by Crippen LogP contribution is -2.05.